The number of carbonyl (C=O) groups excluding carboxylic acids is 1. The van der Waals surface area contributed by atoms with E-state index in [1.54, 1.807) is 11.6 Å². The molecule has 2 amide bonds. The molecule has 1 heterocycles. The van der Waals surface area contributed by atoms with Gasteiger partial charge in [0.25, 0.3) is 0 Å². The second-order valence-corrected chi connectivity index (χ2v) is 4.62. The molecule has 1 aliphatic rings. The fraction of sp³-hybridized carbons (Fsp3) is 0.556. The van der Waals surface area contributed by atoms with E-state index in [9.17, 15) is 9.90 Å². The first-order chi connectivity index (χ1) is 7.18. The van der Waals surface area contributed by atoms with Crippen LogP contribution in [0.1, 0.15) is 19.3 Å². The lowest BCUT2D eigenvalue weighted by Gasteiger charge is -2.36. The third-order valence-corrected chi connectivity index (χ3v) is 3.20. The van der Waals surface area contributed by atoms with Gasteiger partial charge in [-0.05, 0) is 19.3 Å². The molecule has 15 heavy (non-hydrogen) atoms. The van der Waals surface area contributed by atoms with E-state index in [-0.39, 0.29) is 6.03 Å². The average Bonchev–Trinajstić information content (AvgIpc) is 2.64. The quantitative estimate of drug-likeness (QED) is 0.726. The van der Waals surface area contributed by atoms with E-state index in [1.165, 1.54) is 11.3 Å². The van der Waals surface area contributed by atoms with Crippen LogP contribution in [0.25, 0.3) is 0 Å². The number of urea groups is 1. The number of thiazole rings is 1. The average molecular weight is 227 g/mol. The summed E-state index contributed by atoms with van der Waals surface area (Å²) in [6.45, 7) is 0.310. The number of amides is 2. The van der Waals surface area contributed by atoms with Crippen LogP contribution in [0.15, 0.2) is 11.6 Å². The van der Waals surface area contributed by atoms with Crippen LogP contribution >= 0.6 is 11.3 Å². The first kappa shape index (κ1) is 10.4. The van der Waals surface area contributed by atoms with Gasteiger partial charge in [0.1, 0.15) is 0 Å². The van der Waals surface area contributed by atoms with Crippen LogP contribution in [0.5, 0.6) is 0 Å². The van der Waals surface area contributed by atoms with Crippen molar-refractivity contribution in [3.05, 3.63) is 11.6 Å². The van der Waals surface area contributed by atoms with Gasteiger partial charge in [0.2, 0.25) is 0 Å². The van der Waals surface area contributed by atoms with Crippen molar-refractivity contribution in [3.8, 4) is 0 Å². The summed E-state index contributed by atoms with van der Waals surface area (Å²) in [7, 11) is 0. The van der Waals surface area contributed by atoms with Crippen molar-refractivity contribution < 1.29 is 9.90 Å². The van der Waals surface area contributed by atoms with Crippen molar-refractivity contribution >= 4 is 22.5 Å². The minimum Gasteiger partial charge on any atom is -0.388 e. The van der Waals surface area contributed by atoms with Gasteiger partial charge in [-0.3, -0.25) is 5.32 Å². The zero-order chi connectivity index (χ0) is 10.7. The largest absolute Gasteiger partial charge is 0.388 e. The molecule has 0 aliphatic heterocycles. The molecule has 1 saturated carbocycles. The zero-order valence-electron chi connectivity index (χ0n) is 8.19. The molecule has 0 bridgehead atoms. The Hall–Kier alpha value is -1.14. The molecule has 0 spiro atoms. The first-order valence-corrected chi connectivity index (χ1v) is 5.73. The number of hydrogen-bond acceptors (Lipinski definition) is 4. The number of hydrogen-bond donors (Lipinski definition) is 3. The molecule has 0 aromatic carbocycles. The fourth-order valence-corrected chi connectivity index (χ4v) is 1.96. The smallest absolute Gasteiger partial charge is 0.321 e. The van der Waals surface area contributed by atoms with Gasteiger partial charge in [-0.15, -0.1) is 11.3 Å². The molecular formula is C9H13N3O2S. The summed E-state index contributed by atoms with van der Waals surface area (Å²) in [4.78, 5) is 15.2. The molecule has 3 N–H and O–H groups in total. The summed E-state index contributed by atoms with van der Waals surface area (Å²) in [6, 6.07) is -0.315. The minimum absolute atomic E-state index is 0.310. The van der Waals surface area contributed by atoms with E-state index in [1.807, 2.05) is 0 Å². The minimum atomic E-state index is -0.680. The van der Waals surface area contributed by atoms with Gasteiger partial charge < -0.3 is 10.4 Å². The van der Waals surface area contributed by atoms with Crippen molar-refractivity contribution in [2.75, 3.05) is 11.9 Å². The van der Waals surface area contributed by atoms with Crippen molar-refractivity contribution in [1.82, 2.24) is 10.3 Å². The van der Waals surface area contributed by atoms with E-state index < -0.39 is 5.60 Å². The van der Waals surface area contributed by atoms with E-state index >= 15 is 0 Å². The molecule has 0 radical (unpaired) electrons. The van der Waals surface area contributed by atoms with Crippen LogP contribution < -0.4 is 10.6 Å². The molecule has 0 atom stereocenters. The Morgan fingerprint density at radius 3 is 3.00 bits per heavy atom. The Labute approximate surface area is 91.5 Å². The van der Waals surface area contributed by atoms with Gasteiger partial charge in [-0.25, -0.2) is 9.78 Å². The lowest BCUT2D eigenvalue weighted by atomic mass is 9.80. The van der Waals surface area contributed by atoms with Gasteiger partial charge in [0.05, 0.1) is 5.60 Å². The maximum Gasteiger partial charge on any atom is 0.321 e. The number of rotatable bonds is 3. The first-order valence-electron chi connectivity index (χ1n) is 4.85. The second kappa shape index (κ2) is 4.16. The third kappa shape index (κ3) is 2.66. The number of aliphatic hydroxyl groups is 1. The van der Waals surface area contributed by atoms with Crippen LogP contribution in [0, 0.1) is 0 Å². The van der Waals surface area contributed by atoms with Gasteiger partial charge in [-0.1, -0.05) is 0 Å². The van der Waals surface area contributed by atoms with Crippen LogP contribution in [0.4, 0.5) is 9.93 Å². The highest BCUT2D eigenvalue weighted by Crippen LogP contribution is 2.30. The molecule has 82 valence electrons. The summed E-state index contributed by atoms with van der Waals surface area (Å²) in [6.07, 6.45) is 4.20. The van der Waals surface area contributed by atoms with Gasteiger partial charge in [-0.2, -0.15) is 0 Å². The fourth-order valence-electron chi connectivity index (χ4n) is 1.43. The lowest BCUT2D eigenvalue weighted by molar-refractivity contribution is -0.0287. The van der Waals surface area contributed by atoms with Crippen LogP contribution in [-0.4, -0.2) is 28.3 Å². The maximum absolute atomic E-state index is 11.3. The highest BCUT2D eigenvalue weighted by Gasteiger charge is 2.34. The van der Waals surface area contributed by atoms with Crippen LogP contribution in [-0.2, 0) is 0 Å². The molecule has 1 fully saturated rings. The van der Waals surface area contributed by atoms with Crippen LogP contribution in [0.3, 0.4) is 0 Å². The van der Waals surface area contributed by atoms with E-state index in [0.717, 1.165) is 19.3 Å². The monoisotopic (exact) mass is 227 g/mol. The van der Waals surface area contributed by atoms with Gasteiger partial charge >= 0.3 is 6.03 Å². The summed E-state index contributed by atoms with van der Waals surface area (Å²) < 4.78 is 0. The Morgan fingerprint density at radius 1 is 1.67 bits per heavy atom. The third-order valence-electron chi connectivity index (χ3n) is 2.52. The molecule has 1 aromatic rings. The Morgan fingerprint density at radius 2 is 2.47 bits per heavy atom. The lowest BCUT2D eigenvalue weighted by Crippen LogP contribution is -2.48. The highest BCUT2D eigenvalue weighted by molar-refractivity contribution is 7.13. The number of aromatic nitrogens is 1. The number of anilines is 1. The summed E-state index contributed by atoms with van der Waals surface area (Å²) >= 11 is 1.36. The molecule has 6 heteroatoms. The second-order valence-electron chi connectivity index (χ2n) is 3.72. The molecule has 0 unspecified atom stereocenters. The number of nitrogens with one attached hydrogen (secondary N) is 2. The Balaban J connectivity index is 1.73. The number of nitrogens with zero attached hydrogens (tertiary/aromatic N) is 1. The van der Waals surface area contributed by atoms with Crippen molar-refractivity contribution in [1.29, 1.82) is 0 Å². The van der Waals surface area contributed by atoms with E-state index in [0.29, 0.717) is 11.7 Å². The Bertz CT molecular complexity index is 335. The topological polar surface area (TPSA) is 74.2 Å². The van der Waals surface area contributed by atoms with Crippen molar-refractivity contribution in [2.45, 2.75) is 24.9 Å². The molecule has 5 nitrogen and oxygen atoms in total. The molecule has 1 aromatic heterocycles. The summed E-state index contributed by atoms with van der Waals surface area (Å²) in [5.74, 6) is 0. The zero-order valence-corrected chi connectivity index (χ0v) is 9.01. The Kier molecular flexibility index (Phi) is 2.88. The highest BCUT2D eigenvalue weighted by atomic mass is 32.1. The van der Waals surface area contributed by atoms with Gasteiger partial charge in [0, 0.05) is 18.1 Å². The van der Waals surface area contributed by atoms with Crippen molar-refractivity contribution in [3.63, 3.8) is 0 Å². The molecular weight excluding hydrogens is 214 g/mol. The predicted octanol–water partition coefficient (Wildman–Crippen LogP) is 1.18. The van der Waals surface area contributed by atoms with Gasteiger partial charge in [0.15, 0.2) is 5.13 Å². The van der Waals surface area contributed by atoms with Crippen LogP contribution in [0.2, 0.25) is 0 Å². The molecule has 1 aliphatic carbocycles. The normalized spacial score (nSPS) is 17.9. The SMILES string of the molecule is O=C(NCC1(O)CCC1)Nc1nccs1. The molecule has 2 rings (SSSR count). The standard InChI is InChI=1S/C9H13N3O2S/c13-7(12-8-10-4-5-15-8)11-6-9(14)2-1-3-9/h4-5,14H,1-3,6H2,(H2,10,11,12,13). The molecule has 0 saturated heterocycles. The van der Waals surface area contributed by atoms with Crippen molar-refractivity contribution in [2.24, 2.45) is 0 Å². The summed E-state index contributed by atoms with van der Waals surface area (Å²) in [5, 5.41) is 17.3. The van der Waals surface area contributed by atoms with E-state index in [4.69, 9.17) is 0 Å². The van der Waals surface area contributed by atoms with E-state index in [2.05, 4.69) is 15.6 Å². The maximum atomic E-state index is 11.3. The predicted molar refractivity (Wildman–Crippen MR) is 57.9 cm³/mol. The summed E-state index contributed by atoms with van der Waals surface area (Å²) in [5.41, 5.74) is -0.680. The number of carbonyl (C=O) groups is 1.